The first-order chi connectivity index (χ1) is 10.5. The van der Waals surface area contributed by atoms with Gasteiger partial charge in [-0.15, -0.1) is 0 Å². The average molecular weight is 317 g/mol. The Bertz CT molecular complexity index is 338. The van der Waals surface area contributed by atoms with Crippen LogP contribution in [0.5, 0.6) is 0 Å². The first kappa shape index (κ1) is 20.7. The topological polar surface area (TPSA) is 103 Å². The standard InChI is InChI=1S/C14H27N3O5/c1-14(2,3)22-13(18)5-4-7-19-9-11-21-12-10-20-8-6-16-17-15/h4-12H2,1-3H3. The molecule has 0 saturated heterocycles. The molecule has 0 spiro atoms. The Balaban J connectivity index is 3.20. The smallest absolute Gasteiger partial charge is 0.306 e. The summed E-state index contributed by atoms with van der Waals surface area (Å²) in [5.41, 5.74) is 7.61. The summed E-state index contributed by atoms with van der Waals surface area (Å²) in [6.07, 6.45) is 0.995. The van der Waals surface area contributed by atoms with E-state index in [1.807, 2.05) is 20.8 Å². The Morgan fingerprint density at radius 2 is 1.55 bits per heavy atom. The summed E-state index contributed by atoms with van der Waals surface area (Å²) in [7, 11) is 0. The number of nitrogens with zero attached hydrogens (tertiary/aromatic N) is 3. The SMILES string of the molecule is CC(C)(C)OC(=O)CCCOCCOCCOCCN=[N+]=[N-]. The van der Waals surface area contributed by atoms with E-state index in [1.165, 1.54) is 0 Å². The van der Waals surface area contributed by atoms with Gasteiger partial charge in [-0.2, -0.15) is 0 Å². The van der Waals surface area contributed by atoms with Crippen molar-refractivity contribution in [2.24, 2.45) is 5.11 Å². The molecule has 0 saturated carbocycles. The van der Waals surface area contributed by atoms with Crippen LogP contribution in [0.25, 0.3) is 10.4 Å². The van der Waals surface area contributed by atoms with E-state index < -0.39 is 5.60 Å². The average Bonchev–Trinajstić information content (AvgIpc) is 2.42. The number of esters is 1. The molecule has 0 aromatic carbocycles. The zero-order chi connectivity index (χ0) is 16.7. The Morgan fingerprint density at radius 1 is 1.00 bits per heavy atom. The first-order valence-electron chi connectivity index (χ1n) is 7.41. The van der Waals surface area contributed by atoms with Gasteiger partial charge in [-0.05, 0) is 32.7 Å². The van der Waals surface area contributed by atoms with Crippen LogP contribution in [0.4, 0.5) is 0 Å². The van der Waals surface area contributed by atoms with Gasteiger partial charge in [0.15, 0.2) is 0 Å². The molecule has 0 aromatic heterocycles. The molecular weight excluding hydrogens is 290 g/mol. The largest absolute Gasteiger partial charge is 0.460 e. The van der Waals surface area contributed by atoms with Crippen molar-refractivity contribution in [3.8, 4) is 0 Å². The fourth-order valence-electron chi connectivity index (χ4n) is 1.40. The van der Waals surface area contributed by atoms with E-state index in [4.69, 9.17) is 24.5 Å². The fraction of sp³-hybridized carbons (Fsp3) is 0.929. The molecule has 0 fully saturated rings. The lowest BCUT2D eigenvalue weighted by Gasteiger charge is -2.19. The third kappa shape index (κ3) is 16.7. The van der Waals surface area contributed by atoms with Crippen molar-refractivity contribution in [1.82, 2.24) is 0 Å². The minimum absolute atomic E-state index is 0.203. The van der Waals surface area contributed by atoms with Crippen LogP contribution in [-0.4, -0.2) is 57.8 Å². The van der Waals surface area contributed by atoms with Gasteiger partial charge in [0.1, 0.15) is 5.60 Å². The zero-order valence-electron chi connectivity index (χ0n) is 13.7. The second kappa shape index (κ2) is 13.3. The Morgan fingerprint density at radius 3 is 2.09 bits per heavy atom. The van der Waals surface area contributed by atoms with Crippen LogP contribution in [0.3, 0.4) is 0 Å². The van der Waals surface area contributed by atoms with E-state index in [2.05, 4.69) is 10.0 Å². The molecule has 0 aliphatic carbocycles. The van der Waals surface area contributed by atoms with Crippen molar-refractivity contribution in [3.05, 3.63) is 10.4 Å². The molecule has 22 heavy (non-hydrogen) atoms. The maximum atomic E-state index is 11.4. The summed E-state index contributed by atoms with van der Waals surface area (Å²) in [6.45, 7) is 8.66. The zero-order valence-corrected chi connectivity index (χ0v) is 13.7. The van der Waals surface area contributed by atoms with Crippen LogP contribution >= 0.6 is 0 Å². The van der Waals surface area contributed by atoms with E-state index in [0.29, 0.717) is 59.0 Å². The van der Waals surface area contributed by atoms with Gasteiger partial charge in [-0.25, -0.2) is 0 Å². The van der Waals surface area contributed by atoms with Gasteiger partial charge >= 0.3 is 5.97 Å². The van der Waals surface area contributed by atoms with Gasteiger partial charge in [0.2, 0.25) is 0 Å². The summed E-state index contributed by atoms with van der Waals surface area (Å²) >= 11 is 0. The molecular formula is C14H27N3O5. The minimum Gasteiger partial charge on any atom is -0.460 e. The van der Waals surface area contributed by atoms with E-state index in [0.717, 1.165) is 0 Å². The third-order valence-electron chi connectivity index (χ3n) is 2.23. The van der Waals surface area contributed by atoms with Crippen LogP contribution in [0.15, 0.2) is 5.11 Å². The van der Waals surface area contributed by atoms with Crippen molar-refractivity contribution < 1.29 is 23.7 Å². The van der Waals surface area contributed by atoms with Gasteiger partial charge in [0, 0.05) is 24.5 Å². The Labute approximate surface area is 131 Å². The third-order valence-corrected chi connectivity index (χ3v) is 2.23. The Kier molecular flexibility index (Phi) is 12.5. The number of ether oxygens (including phenoxy) is 4. The van der Waals surface area contributed by atoms with Crippen LogP contribution in [-0.2, 0) is 23.7 Å². The van der Waals surface area contributed by atoms with Crippen LogP contribution in [0.1, 0.15) is 33.6 Å². The molecule has 8 nitrogen and oxygen atoms in total. The summed E-state index contributed by atoms with van der Waals surface area (Å²) in [4.78, 5) is 14.0. The second-order valence-electron chi connectivity index (χ2n) is 5.48. The number of rotatable bonds is 13. The summed E-state index contributed by atoms with van der Waals surface area (Å²) in [5.74, 6) is -0.203. The van der Waals surface area contributed by atoms with Gasteiger partial charge in [0.25, 0.3) is 0 Å². The first-order valence-corrected chi connectivity index (χ1v) is 7.41. The van der Waals surface area contributed by atoms with E-state index in [-0.39, 0.29) is 5.97 Å². The molecule has 0 N–H and O–H groups in total. The lowest BCUT2D eigenvalue weighted by atomic mass is 10.2. The summed E-state index contributed by atoms with van der Waals surface area (Å²) in [6, 6.07) is 0. The van der Waals surface area contributed by atoms with Crippen molar-refractivity contribution >= 4 is 5.97 Å². The molecule has 0 radical (unpaired) electrons. The van der Waals surface area contributed by atoms with Gasteiger partial charge in [-0.1, -0.05) is 5.11 Å². The van der Waals surface area contributed by atoms with Crippen molar-refractivity contribution in [1.29, 1.82) is 0 Å². The number of carbonyl (C=O) groups excluding carboxylic acids is 1. The highest BCUT2D eigenvalue weighted by atomic mass is 16.6. The number of hydrogen-bond donors (Lipinski definition) is 0. The fourth-order valence-corrected chi connectivity index (χ4v) is 1.40. The van der Waals surface area contributed by atoms with Crippen molar-refractivity contribution in [2.45, 2.75) is 39.2 Å². The molecule has 128 valence electrons. The van der Waals surface area contributed by atoms with Crippen LogP contribution < -0.4 is 0 Å². The van der Waals surface area contributed by atoms with E-state index in [9.17, 15) is 4.79 Å². The van der Waals surface area contributed by atoms with Crippen molar-refractivity contribution in [3.63, 3.8) is 0 Å². The van der Waals surface area contributed by atoms with Crippen LogP contribution in [0, 0.1) is 0 Å². The summed E-state index contributed by atoms with van der Waals surface area (Å²) in [5, 5.41) is 3.34. The predicted octanol–water partition coefficient (Wildman–Crippen LogP) is 2.47. The van der Waals surface area contributed by atoms with E-state index in [1.54, 1.807) is 0 Å². The highest BCUT2D eigenvalue weighted by molar-refractivity contribution is 5.69. The highest BCUT2D eigenvalue weighted by Gasteiger charge is 2.15. The quantitative estimate of drug-likeness (QED) is 0.171. The normalized spacial score (nSPS) is 11.0. The maximum absolute atomic E-state index is 11.4. The summed E-state index contributed by atoms with van der Waals surface area (Å²) < 4.78 is 21.0. The van der Waals surface area contributed by atoms with Crippen molar-refractivity contribution in [2.75, 3.05) is 46.2 Å². The highest BCUT2D eigenvalue weighted by Crippen LogP contribution is 2.08. The number of carbonyl (C=O) groups is 1. The molecule has 0 amide bonds. The molecule has 0 bridgehead atoms. The predicted molar refractivity (Wildman–Crippen MR) is 81.5 cm³/mol. The van der Waals surface area contributed by atoms with E-state index >= 15 is 0 Å². The number of hydrogen-bond acceptors (Lipinski definition) is 6. The molecule has 0 aromatic rings. The Hall–Kier alpha value is -1.34. The minimum atomic E-state index is -0.436. The molecule has 0 unspecified atom stereocenters. The molecule has 0 rings (SSSR count). The molecule has 0 atom stereocenters. The molecule has 0 aliphatic heterocycles. The molecule has 8 heteroatoms. The lowest BCUT2D eigenvalue weighted by molar-refractivity contribution is -0.155. The molecule has 0 aliphatic rings. The molecule has 0 heterocycles. The maximum Gasteiger partial charge on any atom is 0.306 e. The van der Waals surface area contributed by atoms with Gasteiger partial charge in [0.05, 0.1) is 33.0 Å². The van der Waals surface area contributed by atoms with Crippen LogP contribution in [0.2, 0.25) is 0 Å². The number of azide groups is 1. The second-order valence-corrected chi connectivity index (χ2v) is 5.48. The van der Waals surface area contributed by atoms with Gasteiger partial charge in [-0.3, -0.25) is 4.79 Å². The monoisotopic (exact) mass is 317 g/mol. The lowest BCUT2D eigenvalue weighted by Crippen LogP contribution is -2.23. The van der Waals surface area contributed by atoms with Gasteiger partial charge < -0.3 is 18.9 Å².